The molecule has 2 aliphatic heterocycles. The van der Waals surface area contributed by atoms with Gasteiger partial charge in [0.25, 0.3) is 5.92 Å². The molecule has 0 aliphatic carbocycles. The van der Waals surface area contributed by atoms with Gasteiger partial charge in [-0.05, 0) is 30.5 Å². The van der Waals surface area contributed by atoms with Crippen molar-refractivity contribution in [1.29, 1.82) is 0 Å². The maximum Gasteiger partial charge on any atom is 0.346 e. The van der Waals surface area contributed by atoms with Gasteiger partial charge in [-0.15, -0.1) is 0 Å². The molecule has 1 amide bonds. The van der Waals surface area contributed by atoms with Crippen molar-refractivity contribution in [3.05, 3.63) is 52.0 Å². The van der Waals surface area contributed by atoms with E-state index in [-0.39, 0.29) is 25.3 Å². The van der Waals surface area contributed by atoms with E-state index in [9.17, 15) is 22.8 Å². The van der Waals surface area contributed by atoms with Crippen molar-refractivity contribution in [1.82, 2.24) is 19.2 Å². The zero-order valence-corrected chi connectivity index (χ0v) is 14.6. The number of aryl methyl sites for hydroxylation is 1. The molecule has 9 heteroatoms. The van der Waals surface area contributed by atoms with Crippen molar-refractivity contribution >= 4 is 5.91 Å². The molecule has 0 spiro atoms. The zero-order chi connectivity index (χ0) is 19.2. The van der Waals surface area contributed by atoms with Crippen LogP contribution < -0.4 is 5.69 Å². The second-order valence-corrected chi connectivity index (χ2v) is 7.13. The molecule has 1 aromatic carbocycles. The Morgan fingerprint density at radius 2 is 2.00 bits per heavy atom. The summed E-state index contributed by atoms with van der Waals surface area (Å²) in [4.78, 5) is 26.7. The fourth-order valence-corrected chi connectivity index (χ4v) is 3.77. The number of benzene rings is 1. The molecule has 3 heterocycles. The van der Waals surface area contributed by atoms with Crippen LogP contribution in [0.2, 0.25) is 0 Å². The van der Waals surface area contributed by atoms with E-state index in [2.05, 4.69) is 5.10 Å². The van der Waals surface area contributed by atoms with Gasteiger partial charge in [0.1, 0.15) is 17.7 Å². The summed E-state index contributed by atoms with van der Waals surface area (Å²) in [6, 6.07) is 4.94. The first-order chi connectivity index (χ1) is 12.8. The van der Waals surface area contributed by atoms with E-state index in [1.54, 1.807) is 12.1 Å². The molecule has 0 bridgehead atoms. The van der Waals surface area contributed by atoms with E-state index < -0.39 is 30.1 Å². The van der Waals surface area contributed by atoms with E-state index in [4.69, 9.17) is 0 Å². The maximum atomic E-state index is 13.5. The Morgan fingerprint density at radius 3 is 2.67 bits per heavy atom. The summed E-state index contributed by atoms with van der Waals surface area (Å²) in [7, 11) is 0. The molecule has 0 N–H and O–H groups in total. The fourth-order valence-electron chi connectivity index (χ4n) is 3.77. The Morgan fingerprint density at radius 1 is 1.26 bits per heavy atom. The van der Waals surface area contributed by atoms with Crippen molar-refractivity contribution in [3.8, 4) is 0 Å². The molecule has 4 rings (SSSR count). The van der Waals surface area contributed by atoms with E-state index in [0.717, 1.165) is 4.90 Å². The topological polar surface area (TPSA) is 60.1 Å². The molecule has 1 fully saturated rings. The molecule has 1 saturated heterocycles. The highest BCUT2D eigenvalue weighted by atomic mass is 19.3. The first-order valence-electron chi connectivity index (χ1n) is 8.93. The number of nitrogens with zero attached hydrogens (tertiary/aromatic N) is 4. The van der Waals surface area contributed by atoms with Crippen LogP contribution in [0.5, 0.6) is 0 Å². The summed E-state index contributed by atoms with van der Waals surface area (Å²) < 4.78 is 42.6. The number of halogens is 3. The van der Waals surface area contributed by atoms with Crippen molar-refractivity contribution < 1.29 is 18.0 Å². The first-order valence-corrected chi connectivity index (χ1v) is 8.93. The van der Waals surface area contributed by atoms with Crippen LogP contribution in [0.4, 0.5) is 13.2 Å². The molecule has 1 aromatic heterocycles. The molecule has 0 unspecified atom stereocenters. The summed E-state index contributed by atoms with van der Waals surface area (Å²) in [6.45, 7) is -0.450. The van der Waals surface area contributed by atoms with E-state index >= 15 is 0 Å². The van der Waals surface area contributed by atoms with Crippen molar-refractivity contribution in [2.75, 3.05) is 13.1 Å². The average molecular weight is 380 g/mol. The van der Waals surface area contributed by atoms with Gasteiger partial charge >= 0.3 is 5.69 Å². The average Bonchev–Trinajstić information content (AvgIpc) is 3.16. The molecular formula is C18H19F3N4O2. The van der Waals surface area contributed by atoms with Gasteiger partial charge in [0.2, 0.25) is 5.91 Å². The minimum Gasteiger partial charge on any atom is -0.335 e. The maximum absolute atomic E-state index is 13.5. The van der Waals surface area contributed by atoms with Crippen LogP contribution in [0.1, 0.15) is 36.7 Å². The van der Waals surface area contributed by atoms with Gasteiger partial charge in [0.05, 0.1) is 13.1 Å². The molecule has 2 aromatic rings. The lowest BCUT2D eigenvalue weighted by Gasteiger charge is -2.27. The second-order valence-electron chi connectivity index (χ2n) is 7.13. The number of carbonyl (C=O) groups is 1. The predicted octanol–water partition coefficient (Wildman–Crippen LogP) is 1.98. The molecular weight excluding hydrogens is 361 g/mol. The van der Waals surface area contributed by atoms with Crippen LogP contribution in [0.15, 0.2) is 29.1 Å². The van der Waals surface area contributed by atoms with Gasteiger partial charge in [-0.2, -0.15) is 5.10 Å². The highest BCUT2D eigenvalue weighted by molar-refractivity contribution is 5.81. The molecule has 6 nitrogen and oxygen atoms in total. The Kier molecular flexibility index (Phi) is 4.32. The van der Waals surface area contributed by atoms with Crippen LogP contribution in [-0.4, -0.2) is 44.2 Å². The van der Waals surface area contributed by atoms with E-state index in [1.807, 2.05) is 0 Å². The third-order valence-electron chi connectivity index (χ3n) is 5.14. The second kappa shape index (κ2) is 6.54. The monoisotopic (exact) mass is 380 g/mol. The molecule has 0 saturated carbocycles. The number of likely N-dealkylation sites (tertiary alicyclic amines) is 1. The van der Waals surface area contributed by atoms with Crippen molar-refractivity contribution in [2.24, 2.45) is 0 Å². The van der Waals surface area contributed by atoms with Gasteiger partial charge in [-0.3, -0.25) is 9.36 Å². The Bertz CT molecular complexity index is 920. The lowest BCUT2D eigenvalue weighted by molar-refractivity contribution is -0.135. The predicted molar refractivity (Wildman–Crippen MR) is 90.1 cm³/mol. The van der Waals surface area contributed by atoms with Crippen LogP contribution >= 0.6 is 0 Å². The first kappa shape index (κ1) is 17.8. The van der Waals surface area contributed by atoms with Crippen LogP contribution in [0.25, 0.3) is 0 Å². The smallest absolute Gasteiger partial charge is 0.335 e. The Labute approximate surface area is 153 Å². The standard InChI is InChI=1S/C18H19F3N4O2/c19-13-6-4-12(5-7-13)10-24-17(27)25-14(2-1-3-15(25)22-24)16(26)23-9-8-18(20,21)11-23/h4-7,14H,1-3,8-11H2/t14-/m0/s1. The highest BCUT2D eigenvalue weighted by Gasteiger charge is 2.43. The zero-order valence-electron chi connectivity index (χ0n) is 14.6. The van der Waals surface area contributed by atoms with E-state index in [0.29, 0.717) is 30.7 Å². The van der Waals surface area contributed by atoms with Gasteiger partial charge in [-0.1, -0.05) is 12.1 Å². The SMILES string of the molecule is O=C([C@@H]1CCCc2nn(Cc3ccc(F)cc3)c(=O)n21)N1CCC(F)(F)C1. The molecule has 0 radical (unpaired) electrons. The molecule has 2 aliphatic rings. The van der Waals surface area contributed by atoms with Crippen LogP contribution in [0, 0.1) is 5.82 Å². The summed E-state index contributed by atoms with van der Waals surface area (Å²) in [6.07, 6.45) is 1.28. The summed E-state index contributed by atoms with van der Waals surface area (Å²) >= 11 is 0. The third kappa shape index (κ3) is 3.38. The van der Waals surface area contributed by atoms with Gasteiger partial charge < -0.3 is 4.90 Å². The molecule has 27 heavy (non-hydrogen) atoms. The number of hydrogen-bond acceptors (Lipinski definition) is 3. The minimum absolute atomic E-state index is 0.00384. The summed E-state index contributed by atoms with van der Waals surface area (Å²) in [5.74, 6) is -3.21. The number of fused-ring (bicyclic) bond motifs is 1. The van der Waals surface area contributed by atoms with Gasteiger partial charge in [-0.25, -0.2) is 22.6 Å². The number of amides is 1. The minimum atomic E-state index is -2.87. The summed E-state index contributed by atoms with van der Waals surface area (Å²) in [5.41, 5.74) is 0.259. The molecule has 1 atom stereocenters. The largest absolute Gasteiger partial charge is 0.346 e. The van der Waals surface area contributed by atoms with E-state index in [1.165, 1.54) is 21.4 Å². The Hall–Kier alpha value is -2.58. The van der Waals surface area contributed by atoms with Crippen LogP contribution in [0.3, 0.4) is 0 Å². The fraction of sp³-hybridized carbons (Fsp3) is 0.500. The van der Waals surface area contributed by atoms with Gasteiger partial charge in [0, 0.05) is 19.4 Å². The Balaban J connectivity index is 1.61. The highest BCUT2D eigenvalue weighted by Crippen LogP contribution is 2.31. The summed E-state index contributed by atoms with van der Waals surface area (Å²) in [5, 5.41) is 4.31. The third-order valence-corrected chi connectivity index (χ3v) is 5.14. The normalized spacial score (nSPS) is 21.3. The number of alkyl halides is 2. The van der Waals surface area contributed by atoms with Gasteiger partial charge in [0.15, 0.2) is 0 Å². The number of rotatable bonds is 3. The lowest BCUT2D eigenvalue weighted by Crippen LogP contribution is -2.42. The quantitative estimate of drug-likeness (QED) is 0.818. The number of hydrogen-bond donors (Lipinski definition) is 0. The van der Waals surface area contributed by atoms with Crippen molar-refractivity contribution in [3.63, 3.8) is 0 Å². The van der Waals surface area contributed by atoms with Crippen LogP contribution in [-0.2, 0) is 17.8 Å². The number of aromatic nitrogens is 3. The molecule has 144 valence electrons. The number of carbonyl (C=O) groups excluding carboxylic acids is 1. The lowest BCUT2D eigenvalue weighted by atomic mass is 10.0. The van der Waals surface area contributed by atoms with Crippen molar-refractivity contribution in [2.45, 2.75) is 44.2 Å².